The normalized spacial score (nSPS) is 21.9. The fourth-order valence-corrected chi connectivity index (χ4v) is 11.5. The maximum atomic E-state index is 14.5. The van der Waals surface area contributed by atoms with Crippen molar-refractivity contribution in [2.45, 2.75) is 142 Å². The van der Waals surface area contributed by atoms with Gasteiger partial charge in [-0.15, -0.1) is 0 Å². The van der Waals surface area contributed by atoms with Crippen LogP contribution in [0.3, 0.4) is 0 Å². The molecule has 3 aromatic rings. The highest BCUT2D eigenvalue weighted by molar-refractivity contribution is 6.13. The maximum Gasteiger partial charge on any atom is 0.185 e. The van der Waals surface area contributed by atoms with Crippen LogP contribution in [-0.2, 0) is 9.59 Å². The van der Waals surface area contributed by atoms with Gasteiger partial charge in [-0.2, -0.15) is 0 Å². The number of benzene rings is 2. The number of carbonyl (C=O) groups excluding carboxylic acids is 2. The molecule has 4 saturated carbocycles. The number of allylic oxidation sites excluding steroid dienone is 10. The molecule has 1 heterocycles. The van der Waals surface area contributed by atoms with E-state index in [-0.39, 0.29) is 0 Å². The summed E-state index contributed by atoms with van der Waals surface area (Å²) in [5.41, 5.74) is 13.0. The van der Waals surface area contributed by atoms with Crippen molar-refractivity contribution in [2.24, 2.45) is 23.7 Å². The lowest BCUT2D eigenvalue weighted by atomic mass is 9.72. The smallest absolute Gasteiger partial charge is 0.185 e. The number of hydrogen-bond acceptors (Lipinski definition) is 3. The zero-order valence-electron chi connectivity index (χ0n) is 35.8. The zero-order chi connectivity index (χ0) is 40.3. The lowest BCUT2D eigenvalue weighted by molar-refractivity contribution is -0.114. The predicted molar refractivity (Wildman–Crippen MR) is 242 cm³/mol. The Bertz CT molecular complexity index is 1980. The van der Waals surface area contributed by atoms with Crippen molar-refractivity contribution >= 4 is 22.7 Å². The van der Waals surface area contributed by atoms with Crippen molar-refractivity contribution in [3.8, 4) is 0 Å². The average molecular weight is 785 g/mol. The topological polar surface area (TPSA) is 47.3 Å². The molecule has 3 nitrogen and oxygen atoms in total. The number of furan rings is 1. The molecule has 1 aromatic heterocycles. The highest BCUT2D eigenvalue weighted by Crippen LogP contribution is 2.45. The molecular weight excluding hydrogens is 721 g/mol. The lowest BCUT2D eigenvalue weighted by Crippen LogP contribution is -2.25. The van der Waals surface area contributed by atoms with Crippen LogP contribution in [0.5, 0.6) is 0 Å². The van der Waals surface area contributed by atoms with Crippen LogP contribution in [0.4, 0.5) is 0 Å². The number of hydrogen-bond donors (Lipinski definition) is 0. The summed E-state index contributed by atoms with van der Waals surface area (Å²) in [6.45, 7) is 4.28. The van der Waals surface area contributed by atoms with E-state index in [1.165, 1.54) is 88.2 Å². The van der Waals surface area contributed by atoms with Crippen LogP contribution in [0.15, 0.2) is 123 Å². The molecule has 0 bridgehead atoms. The Morgan fingerprint density at radius 1 is 0.390 bits per heavy atom. The summed E-state index contributed by atoms with van der Waals surface area (Å²) in [7, 11) is 0. The SMILES string of the molecule is Cc1ccc(C(=C2C=C(C3CCCCC3)C(=O)C(C3CCCCC3)=C2)c2ccc(C(=C3C=C(C4CCCCC4)C(=O)C(C4CCCCC4)=C3)c3ccc(C)cc3)o2)cc1. The van der Waals surface area contributed by atoms with Crippen molar-refractivity contribution in [3.63, 3.8) is 0 Å². The van der Waals surface area contributed by atoms with Gasteiger partial charge in [0, 0.05) is 33.4 Å². The second kappa shape index (κ2) is 18.0. The molecule has 306 valence electrons. The number of carbonyl (C=O) groups is 2. The minimum Gasteiger partial charge on any atom is -0.456 e. The predicted octanol–water partition coefficient (Wildman–Crippen LogP) is 14.7. The molecule has 2 aromatic carbocycles. The summed E-state index contributed by atoms with van der Waals surface area (Å²) in [5.74, 6) is 3.48. The zero-order valence-corrected chi connectivity index (χ0v) is 35.8. The molecule has 0 unspecified atom stereocenters. The van der Waals surface area contributed by atoms with E-state index in [4.69, 9.17) is 4.42 Å². The van der Waals surface area contributed by atoms with Crippen molar-refractivity contribution in [2.75, 3.05) is 0 Å². The van der Waals surface area contributed by atoms with Crippen LogP contribution < -0.4 is 0 Å². The second-order valence-electron chi connectivity index (χ2n) is 19.0. The van der Waals surface area contributed by atoms with Crippen LogP contribution >= 0.6 is 0 Å². The first-order chi connectivity index (χ1) is 28.9. The summed E-state index contributed by atoms with van der Waals surface area (Å²) in [6, 6.07) is 22.0. The molecule has 59 heavy (non-hydrogen) atoms. The number of ketones is 2. The molecule has 6 aliphatic carbocycles. The minimum atomic E-state index is 0.301. The van der Waals surface area contributed by atoms with E-state index in [1.807, 2.05) is 0 Å². The van der Waals surface area contributed by atoms with Gasteiger partial charge in [-0.1, -0.05) is 137 Å². The van der Waals surface area contributed by atoms with E-state index in [0.717, 1.165) is 119 Å². The van der Waals surface area contributed by atoms with Gasteiger partial charge in [-0.25, -0.2) is 0 Å². The summed E-state index contributed by atoms with van der Waals surface area (Å²) in [6.07, 6.45) is 32.4. The number of aryl methyl sites for hydroxylation is 2. The van der Waals surface area contributed by atoms with E-state index in [1.54, 1.807) is 0 Å². The molecule has 0 spiro atoms. The molecule has 0 amide bonds. The van der Waals surface area contributed by atoms with Gasteiger partial charge in [-0.3, -0.25) is 9.59 Å². The fourth-order valence-electron chi connectivity index (χ4n) is 11.5. The molecule has 0 aliphatic heterocycles. The third kappa shape index (κ3) is 8.59. The van der Waals surface area contributed by atoms with Crippen LogP contribution in [0.1, 0.15) is 162 Å². The first-order valence-electron chi connectivity index (χ1n) is 23.6. The third-order valence-corrected chi connectivity index (χ3v) is 14.8. The van der Waals surface area contributed by atoms with Gasteiger partial charge in [0.25, 0.3) is 0 Å². The largest absolute Gasteiger partial charge is 0.456 e. The highest BCUT2D eigenvalue weighted by atomic mass is 16.3. The third-order valence-electron chi connectivity index (χ3n) is 14.8. The maximum absolute atomic E-state index is 14.5. The van der Waals surface area contributed by atoms with Crippen LogP contribution in [0, 0.1) is 37.5 Å². The Morgan fingerprint density at radius 3 is 0.932 bits per heavy atom. The summed E-state index contributed by atoms with van der Waals surface area (Å²) < 4.78 is 7.26. The molecule has 0 N–H and O–H groups in total. The monoisotopic (exact) mass is 784 g/mol. The van der Waals surface area contributed by atoms with E-state index < -0.39 is 0 Å². The van der Waals surface area contributed by atoms with Crippen LogP contribution in [0.25, 0.3) is 11.1 Å². The van der Waals surface area contributed by atoms with E-state index in [2.05, 4.69) is 98.8 Å². The van der Waals surface area contributed by atoms with Gasteiger partial charge < -0.3 is 4.42 Å². The minimum absolute atomic E-state index is 0.301. The molecule has 0 saturated heterocycles. The van der Waals surface area contributed by atoms with Gasteiger partial charge in [0.05, 0.1) is 0 Å². The Labute approximate surface area is 353 Å². The quantitative estimate of drug-likeness (QED) is 0.229. The van der Waals surface area contributed by atoms with Crippen LogP contribution in [-0.4, -0.2) is 11.6 Å². The number of rotatable bonds is 8. The summed E-state index contributed by atoms with van der Waals surface area (Å²) in [5, 5.41) is 0. The first-order valence-corrected chi connectivity index (χ1v) is 23.6. The van der Waals surface area contributed by atoms with Gasteiger partial charge in [-0.05, 0) is 148 Å². The standard InChI is InChI=1S/C56H64O3/c1-37-23-27-43(28-24-37)53(45-33-47(39-15-7-3-8-16-39)55(57)48(34-45)40-17-9-4-10-18-40)51-31-32-52(59-51)54(44-29-25-38(2)26-30-44)46-35-49(41-19-11-5-12-20-41)56(58)50(36-46)42-21-13-6-14-22-42/h23-36,39-42H,3-22H2,1-2H3. The number of Topliss-reactive ketones (excluding diaryl/α,β-unsaturated/α-hetero) is 2. The molecule has 0 atom stereocenters. The van der Waals surface area contributed by atoms with Crippen molar-refractivity contribution in [1.29, 1.82) is 0 Å². The van der Waals surface area contributed by atoms with E-state index in [9.17, 15) is 9.59 Å². The van der Waals surface area contributed by atoms with E-state index in [0.29, 0.717) is 35.2 Å². The molecule has 6 aliphatic rings. The fraction of sp³-hybridized carbons (Fsp3) is 0.464. The van der Waals surface area contributed by atoms with Crippen molar-refractivity contribution in [1.82, 2.24) is 0 Å². The first kappa shape index (κ1) is 39.9. The molecule has 9 rings (SSSR count). The van der Waals surface area contributed by atoms with Gasteiger partial charge in [0.2, 0.25) is 0 Å². The molecule has 3 heteroatoms. The molecular formula is C56H64O3. The van der Waals surface area contributed by atoms with Gasteiger partial charge >= 0.3 is 0 Å². The Balaban J connectivity index is 1.24. The average Bonchev–Trinajstić information content (AvgIpc) is 3.76. The Morgan fingerprint density at radius 2 is 0.661 bits per heavy atom. The highest BCUT2D eigenvalue weighted by Gasteiger charge is 2.35. The second-order valence-corrected chi connectivity index (χ2v) is 19.0. The van der Waals surface area contributed by atoms with Crippen molar-refractivity contribution < 1.29 is 14.0 Å². The summed E-state index contributed by atoms with van der Waals surface area (Å²) in [4.78, 5) is 29.1. The summed E-state index contributed by atoms with van der Waals surface area (Å²) >= 11 is 0. The Hall–Kier alpha value is -4.50. The Kier molecular flexibility index (Phi) is 12.2. The van der Waals surface area contributed by atoms with Gasteiger partial charge in [0.15, 0.2) is 11.6 Å². The van der Waals surface area contributed by atoms with Gasteiger partial charge in [0.1, 0.15) is 11.5 Å². The van der Waals surface area contributed by atoms with Crippen LogP contribution in [0.2, 0.25) is 0 Å². The van der Waals surface area contributed by atoms with Crippen molar-refractivity contribution in [3.05, 3.63) is 152 Å². The van der Waals surface area contributed by atoms with E-state index >= 15 is 0 Å². The molecule has 0 radical (unpaired) electrons. The molecule has 4 fully saturated rings. The lowest BCUT2D eigenvalue weighted by Gasteiger charge is -2.31.